The lowest BCUT2D eigenvalue weighted by molar-refractivity contribution is -0.125. The summed E-state index contributed by atoms with van der Waals surface area (Å²) in [6.07, 6.45) is -1.20. The van der Waals surface area contributed by atoms with Gasteiger partial charge in [-0.05, 0) is 24.3 Å². The summed E-state index contributed by atoms with van der Waals surface area (Å²) in [7, 11) is 0. The summed E-state index contributed by atoms with van der Waals surface area (Å²) in [5, 5.41) is 13.2. The molecule has 1 aromatic heterocycles. The number of hydrogen-bond acceptors (Lipinski definition) is 7. The molecule has 11 heteroatoms. The van der Waals surface area contributed by atoms with Gasteiger partial charge in [-0.25, -0.2) is 4.79 Å². The molecule has 3 heterocycles. The van der Waals surface area contributed by atoms with Crippen LogP contribution in [0.15, 0.2) is 30.3 Å². The number of anilines is 2. The number of cyclic esters (lactones) is 1. The van der Waals surface area contributed by atoms with Crippen LogP contribution in [0.1, 0.15) is 9.67 Å². The number of thiophene rings is 1. The highest BCUT2D eigenvalue weighted by atomic mass is 35.5. The lowest BCUT2D eigenvalue weighted by Crippen LogP contribution is -2.41. The molecule has 1 atom stereocenters. The smallest absolute Gasteiger partial charge is 0.414 e. The molecular formula is C19H18ClN3O6S. The second kappa shape index (κ2) is 8.50. The first-order valence-electron chi connectivity index (χ1n) is 9.15. The van der Waals surface area contributed by atoms with E-state index in [9.17, 15) is 19.5 Å². The molecule has 2 aliphatic rings. The van der Waals surface area contributed by atoms with Crippen molar-refractivity contribution in [3.8, 4) is 5.75 Å². The van der Waals surface area contributed by atoms with E-state index in [1.165, 1.54) is 15.9 Å². The molecule has 2 saturated heterocycles. The van der Waals surface area contributed by atoms with Gasteiger partial charge in [-0.1, -0.05) is 11.6 Å². The zero-order valence-corrected chi connectivity index (χ0v) is 17.2. The highest BCUT2D eigenvalue weighted by molar-refractivity contribution is 7.18. The van der Waals surface area contributed by atoms with Crippen molar-refractivity contribution in [2.45, 2.75) is 6.10 Å². The van der Waals surface area contributed by atoms with Gasteiger partial charge in [-0.3, -0.25) is 14.5 Å². The number of phenolic OH excluding ortho intramolecular Hbond substituents is 1. The van der Waals surface area contributed by atoms with E-state index in [-0.39, 0.29) is 42.9 Å². The number of phenols is 1. The number of amides is 3. The van der Waals surface area contributed by atoms with Crippen molar-refractivity contribution in [1.82, 2.24) is 5.32 Å². The maximum atomic E-state index is 12.3. The van der Waals surface area contributed by atoms with E-state index in [0.717, 1.165) is 11.3 Å². The number of ether oxygens (including phenoxy) is 2. The lowest BCUT2D eigenvalue weighted by Gasteiger charge is -2.27. The van der Waals surface area contributed by atoms with Crippen molar-refractivity contribution >= 4 is 52.2 Å². The number of nitrogens with one attached hydrogen (secondary N) is 1. The van der Waals surface area contributed by atoms with Crippen molar-refractivity contribution in [1.29, 1.82) is 0 Å². The van der Waals surface area contributed by atoms with Crippen LogP contribution in [0.25, 0.3) is 0 Å². The Morgan fingerprint density at radius 1 is 1.27 bits per heavy atom. The van der Waals surface area contributed by atoms with Crippen LogP contribution in [-0.2, 0) is 14.3 Å². The van der Waals surface area contributed by atoms with Crippen molar-refractivity contribution in [3.63, 3.8) is 0 Å². The van der Waals surface area contributed by atoms with Crippen molar-refractivity contribution < 1.29 is 29.0 Å². The van der Waals surface area contributed by atoms with Gasteiger partial charge in [0.1, 0.15) is 18.5 Å². The molecule has 30 heavy (non-hydrogen) atoms. The quantitative estimate of drug-likeness (QED) is 0.721. The first-order valence-corrected chi connectivity index (χ1v) is 10.3. The summed E-state index contributed by atoms with van der Waals surface area (Å²) >= 11 is 6.99. The Morgan fingerprint density at radius 3 is 2.80 bits per heavy atom. The van der Waals surface area contributed by atoms with Gasteiger partial charge in [0.2, 0.25) is 0 Å². The molecule has 0 radical (unpaired) electrons. The molecule has 9 nitrogen and oxygen atoms in total. The number of halogens is 1. The van der Waals surface area contributed by atoms with Gasteiger partial charge in [-0.2, -0.15) is 0 Å². The van der Waals surface area contributed by atoms with E-state index in [2.05, 4.69) is 5.32 Å². The number of hydrogen-bond donors (Lipinski definition) is 2. The topological polar surface area (TPSA) is 108 Å². The zero-order valence-electron chi connectivity index (χ0n) is 15.7. The molecule has 1 aromatic carbocycles. The van der Waals surface area contributed by atoms with Crippen LogP contribution in [0.4, 0.5) is 16.2 Å². The highest BCUT2D eigenvalue weighted by Gasteiger charge is 2.34. The Kier molecular flexibility index (Phi) is 5.80. The molecular weight excluding hydrogens is 434 g/mol. The Bertz CT molecular complexity index is 996. The summed E-state index contributed by atoms with van der Waals surface area (Å²) < 4.78 is 10.9. The minimum atomic E-state index is -0.626. The largest absolute Gasteiger partial charge is 0.506 e. The minimum absolute atomic E-state index is 0.00790. The molecule has 0 spiro atoms. The van der Waals surface area contributed by atoms with Crippen molar-refractivity contribution in [2.75, 3.05) is 42.6 Å². The number of nitrogens with zero attached hydrogens (tertiary/aromatic N) is 2. The van der Waals surface area contributed by atoms with Crippen LogP contribution in [0.5, 0.6) is 5.75 Å². The molecule has 2 aromatic rings. The first kappa shape index (κ1) is 20.5. The van der Waals surface area contributed by atoms with E-state index in [4.69, 9.17) is 21.1 Å². The molecule has 0 unspecified atom stereocenters. The van der Waals surface area contributed by atoms with Gasteiger partial charge in [-0.15, -0.1) is 11.3 Å². The average molecular weight is 452 g/mol. The second-order valence-electron chi connectivity index (χ2n) is 6.70. The molecule has 2 aliphatic heterocycles. The number of carbonyl (C=O) groups is 3. The molecule has 158 valence electrons. The number of benzene rings is 1. The van der Waals surface area contributed by atoms with E-state index in [1.54, 1.807) is 24.3 Å². The van der Waals surface area contributed by atoms with Gasteiger partial charge in [0.25, 0.3) is 11.8 Å². The SMILES string of the molecule is O=C(NC[C@H]1CN(c2ccc(N3CCOCC3=O)cc2O)C(=O)O1)c1ccc(Cl)s1. The summed E-state index contributed by atoms with van der Waals surface area (Å²) in [4.78, 5) is 39.6. The van der Waals surface area contributed by atoms with Gasteiger partial charge >= 0.3 is 6.09 Å². The molecule has 2 N–H and O–H groups in total. The Balaban J connectivity index is 1.40. The minimum Gasteiger partial charge on any atom is -0.506 e. The molecule has 2 fully saturated rings. The van der Waals surface area contributed by atoms with Crippen LogP contribution in [-0.4, -0.2) is 62.0 Å². The third-order valence-corrected chi connectivity index (χ3v) is 5.94. The molecule has 0 aliphatic carbocycles. The molecule has 4 rings (SSSR count). The van der Waals surface area contributed by atoms with Gasteiger partial charge in [0.05, 0.1) is 34.6 Å². The number of carbonyl (C=O) groups excluding carboxylic acids is 3. The van der Waals surface area contributed by atoms with Crippen LogP contribution < -0.4 is 15.1 Å². The summed E-state index contributed by atoms with van der Waals surface area (Å²) in [5.41, 5.74) is 0.791. The maximum Gasteiger partial charge on any atom is 0.414 e. The molecule has 0 bridgehead atoms. The van der Waals surface area contributed by atoms with Gasteiger partial charge in [0, 0.05) is 18.3 Å². The predicted octanol–water partition coefficient (Wildman–Crippen LogP) is 2.23. The zero-order chi connectivity index (χ0) is 21.3. The van der Waals surface area contributed by atoms with Crippen LogP contribution in [0.3, 0.4) is 0 Å². The van der Waals surface area contributed by atoms with Crippen LogP contribution in [0.2, 0.25) is 4.34 Å². The van der Waals surface area contributed by atoms with Crippen LogP contribution >= 0.6 is 22.9 Å². The number of rotatable bonds is 5. The maximum absolute atomic E-state index is 12.3. The summed E-state index contributed by atoms with van der Waals surface area (Å²) in [6.45, 7) is 1.08. The summed E-state index contributed by atoms with van der Waals surface area (Å²) in [6, 6.07) is 7.90. The van der Waals surface area contributed by atoms with E-state index >= 15 is 0 Å². The van der Waals surface area contributed by atoms with Crippen molar-refractivity contribution in [2.24, 2.45) is 0 Å². The first-order chi connectivity index (χ1) is 14.4. The van der Waals surface area contributed by atoms with Crippen molar-refractivity contribution in [3.05, 3.63) is 39.5 Å². The third kappa shape index (κ3) is 4.20. The fourth-order valence-corrected chi connectivity index (χ4v) is 4.21. The number of aromatic hydroxyl groups is 1. The normalized spacial score (nSPS) is 19.2. The standard InChI is InChI=1S/C19H18ClN3O6S/c20-16-4-3-15(30-16)18(26)21-8-12-9-23(19(27)29-12)13-2-1-11(7-14(13)24)22-5-6-28-10-17(22)25/h1-4,7,12,24H,5-6,8-10H2,(H,21,26)/t12-/m0/s1. The van der Waals surface area contributed by atoms with E-state index < -0.39 is 12.2 Å². The van der Waals surface area contributed by atoms with Gasteiger partial charge < -0.3 is 24.8 Å². The molecule has 0 saturated carbocycles. The number of morpholine rings is 1. The van der Waals surface area contributed by atoms with Crippen LogP contribution in [0, 0.1) is 0 Å². The second-order valence-corrected chi connectivity index (χ2v) is 8.42. The van der Waals surface area contributed by atoms with E-state index in [0.29, 0.717) is 28.1 Å². The fourth-order valence-electron chi connectivity index (χ4n) is 3.25. The van der Waals surface area contributed by atoms with Gasteiger partial charge in [0.15, 0.2) is 0 Å². The fraction of sp³-hybridized carbons (Fsp3) is 0.316. The summed E-state index contributed by atoms with van der Waals surface area (Å²) in [5.74, 6) is -0.651. The predicted molar refractivity (Wildman–Crippen MR) is 111 cm³/mol. The average Bonchev–Trinajstić information content (AvgIpc) is 3.32. The third-order valence-electron chi connectivity index (χ3n) is 4.71. The Hall–Kier alpha value is -2.82. The Labute approximate surface area is 180 Å². The highest BCUT2D eigenvalue weighted by Crippen LogP contribution is 2.34. The Morgan fingerprint density at radius 2 is 2.10 bits per heavy atom. The molecule has 3 amide bonds. The monoisotopic (exact) mass is 451 g/mol. The van der Waals surface area contributed by atoms with E-state index in [1.807, 2.05) is 0 Å². The lowest BCUT2D eigenvalue weighted by atomic mass is 10.2.